The molecule has 1 aromatic heterocycles. The summed E-state index contributed by atoms with van der Waals surface area (Å²) in [5.41, 5.74) is 10.1. The lowest BCUT2D eigenvalue weighted by molar-refractivity contribution is -0.151. The topological polar surface area (TPSA) is 181 Å². The molecule has 0 bridgehead atoms. The van der Waals surface area contributed by atoms with Crippen LogP contribution in [0.5, 0.6) is 0 Å². The first-order valence-electron chi connectivity index (χ1n) is 11.1. The summed E-state index contributed by atoms with van der Waals surface area (Å²) in [5.74, 6) is -3.20. The van der Waals surface area contributed by atoms with E-state index in [2.05, 4.69) is 4.98 Å². The van der Waals surface area contributed by atoms with Crippen molar-refractivity contribution in [1.82, 2.24) is 9.88 Å². The van der Waals surface area contributed by atoms with Gasteiger partial charge in [-0.25, -0.2) is 9.59 Å². The predicted octanol–water partition coefficient (Wildman–Crippen LogP) is 1.27. The van der Waals surface area contributed by atoms with Gasteiger partial charge in [-0.15, -0.1) is 0 Å². The molecule has 2 unspecified atom stereocenters. The van der Waals surface area contributed by atoms with Crippen LogP contribution in [0.1, 0.15) is 61.8 Å². The standard InChI is InChI=1S/C14H24N2O5.C9H10N2O3/c1-5-20-12(18)10-6-9(11(15)17)7-16(8-10)13(19)21-14(2,3)4;1-2-14-9(13)7-3-6(8(10)12)4-11-5-7/h9-10H,5-8H2,1-4H3,(H2,15,17);3-5H,2H2,1H3,(H2,10,12). The van der Waals surface area contributed by atoms with Gasteiger partial charge in [0.05, 0.1) is 36.2 Å². The number of nitrogens with zero attached hydrogens (tertiary/aromatic N) is 2. The molecule has 35 heavy (non-hydrogen) atoms. The Bertz CT molecular complexity index is 928. The van der Waals surface area contributed by atoms with E-state index >= 15 is 0 Å². The lowest BCUT2D eigenvalue weighted by Crippen LogP contribution is -2.50. The molecule has 3 amide bonds. The van der Waals surface area contributed by atoms with E-state index in [0.717, 1.165) is 0 Å². The normalized spacial score (nSPS) is 17.3. The summed E-state index contributed by atoms with van der Waals surface area (Å²) in [6, 6.07) is 1.35. The minimum atomic E-state index is -0.643. The van der Waals surface area contributed by atoms with Crippen LogP contribution in [-0.2, 0) is 23.8 Å². The number of amides is 3. The molecule has 0 aromatic carbocycles. The van der Waals surface area contributed by atoms with Crippen LogP contribution < -0.4 is 11.5 Å². The van der Waals surface area contributed by atoms with Crippen LogP contribution in [0, 0.1) is 11.8 Å². The smallest absolute Gasteiger partial charge is 0.410 e. The molecule has 2 atom stereocenters. The van der Waals surface area contributed by atoms with E-state index in [1.165, 1.54) is 23.4 Å². The fraction of sp³-hybridized carbons (Fsp3) is 0.565. The third-order valence-corrected chi connectivity index (χ3v) is 4.66. The summed E-state index contributed by atoms with van der Waals surface area (Å²) in [7, 11) is 0. The van der Waals surface area contributed by atoms with E-state index in [9.17, 15) is 24.0 Å². The average molecular weight is 495 g/mol. The maximum absolute atomic E-state index is 12.1. The second-order valence-corrected chi connectivity index (χ2v) is 8.72. The van der Waals surface area contributed by atoms with Gasteiger partial charge in [-0.1, -0.05) is 0 Å². The minimum absolute atomic E-state index is 0.167. The number of primary amides is 2. The van der Waals surface area contributed by atoms with Crippen LogP contribution in [0.3, 0.4) is 0 Å². The molecule has 12 nitrogen and oxygen atoms in total. The molecule has 1 aliphatic rings. The summed E-state index contributed by atoms with van der Waals surface area (Å²) < 4.78 is 15.0. The number of rotatable bonds is 6. The Morgan fingerprint density at radius 2 is 1.54 bits per heavy atom. The Morgan fingerprint density at radius 3 is 2.06 bits per heavy atom. The molecular weight excluding hydrogens is 460 g/mol. The van der Waals surface area contributed by atoms with Crippen molar-refractivity contribution in [3.8, 4) is 0 Å². The van der Waals surface area contributed by atoms with Crippen molar-refractivity contribution >= 4 is 29.8 Å². The van der Waals surface area contributed by atoms with E-state index in [1.807, 2.05) is 0 Å². The number of hydrogen-bond acceptors (Lipinski definition) is 9. The molecule has 1 aromatic rings. The lowest BCUT2D eigenvalue weighted by atomic mass is 9.89. The highest BCUT2D eigenvalue weighted by molar-refractivity contribution is 5.96. The van der Waals surface area contributed by atoms with Crippen LogP contribution in [0.15, 0.2) is 18.5 Å². The zero-order chi connectivity index (χ0) is 26.8. The number of piperidine rings is 1. The molecule has 194 valence electrons. The molecule has 0 radical (unpaired) electrons. The molecule has 0 saturated carbocycles. The molecule has 12 heteroatoms. The van der Waals surface area contributed by atoms with Crippen molar-refractivity contribution in [3.05, 3.63) is 29.6 Å². The van der Waals surface area contributed by atoms with Crippen molar-refractivity contribution in [2.45, 2.75) is 46.6 Å². The van der Waals surface area contributed by atoms with E-state index < -0.39 is 47.3 Å². The SMILES string of the molecule is CCOC(=O)C1CC(C(N)=O)CN(C(=O)OC(C)(C)C)C1.CCOC(=O)c1cncc(C(N)=O)c1. The van der Waals surface area contributed by atoms with Crippen LogP contribution in [0.4, 0.5) is 4.79 Å². The van der Waals surface area contributed by atoms with Gasteiger partial charge < -0.3 is 30.6 Å². The number of aromatic nitrogens is 1. The highest BCUT2D eigenvalue weighted by Crippen LogP contribution is 2.24. The monoisotopic (exact) mass is 494 g/mol. The van der Waals surface area contributed by atoms with Crippen LogP contribution in [0.25, 0.3) is 0 Å². The summed E-state index contributed by atoms with van der Waals surface area (Å²) in [6.07, 6.45) is 2.37. The van der Waals surface area contributed by atoms with Crippen LogP contribution in [0.2, 0.25) is 0 Å². The second-order valence-electron chi connectivity index (χ2n) is 8.72. The molecule has 2 rings (SSSR count). The number of carbonyl (C=O) groups excluding carboxylic acids is 5. The zero-order valence-electron chi connectivity index (χ0n) is 20.7. The fourth-order valence-corrected chi connectivity index (χ4v) is 3.11. The summed E-state index contributed by atoms with van der Waals surface area (Å²) >= 11 is 0. The van der Waals surface area contributed by atoms with Gasteiger partial charge >= 0.3 is 18.0 Å². The first-order chi connectivity index (χ1) is 16.3. The molecule has 4 N–H and O–H groups in total. The third kappa shape index (κ3) is 9.98. The Labute approximate surface area is 204 Å². The van der Waals surface area contributed by atoms with Crippen molar-refractivity contribution in [1.29, 1.82) is 0 Å². The van der Waals surface area contributed by atoms with Gasteiger partial charge in [0.2, 0.25) is 11.8 Å². The first kappa shape index (κ1) is 29.3. The minimum Gasteiger partial charge on any atom is -0.466 e. The van der Waals surface area contributed by atoms with Crippen LogP contribution in [-0.4, -0.2) is 71.6 Å². The van der Waals surface area contributed by atoms with Gasteiger partial charge in [-0.2, -0.15) is 0 Å². The molecule has 0 spiro atoms. The maximum Gasteiger partial charge on any atom is 0.410 e. The number of likely N-dealkylation sites (tertiary alicyclic amines) is 1. The molecule has 1 fully saturated rings. The summed E-state index contributed by atoms with van der Waals surface area (Å²) in [6.45, 7) is 9.54. The van der Waals surface area contributed by atoms with Crippen LogP contribution >= 0.6 is 0 Å². The number of pyridine rings is 1. The molecule has 1 aliphatic heterocycles. The fourth-order valence-electron chi connectivity index (χ4n) is 3.11. The first-order valence-corrected chi connectivity index (χ1v) is 11.1. The zero-order valence-corrected chi connectivity index (χ0v) is 20.7. The largest absolute Gasteiger partial charge is 0.466 e. The highest BCUT2D eigenvalue weighted by atomic mass is 16.6. The Balaban J connectivity index is 0.000000379. The molecular formula is C23H34N4O8. The van der Waals surface area contributed by atoms with Crippen molar-refractivity contribution < 1.29 is 38.2 Å². The van der Waals surface area contributed by atoms with E-state index in [4.69, 9.17) is 25.7 Å². The van der Waals surface area contributed by atoms with E-state index in [-0.39, 0.29) is 37.4 Å². The molecule has 0 aliphatic carbocycles. The number of ether oxygens (including phenoxy) is 3. The van der Waals surface area contributed by atoms with Gasteiger partial charge in [0.1, 0.15) is 5.60 Å². The Morgan fingerprint density at radius 1 is 0.971 bits per heavy atom. The summed E-state index contributed by atoms with van der Waals surface area (Å²) in [4.78, 5) is 62.4. The third-order valence-electron chi connectivity index (χ3n) is 4.66. The van der Waals surface area contributed by atoms with Crippen molar-refractivity contribution in [2.75, 3.05) is 26.3 Å². The summed E-state index contributed by atoms with van der Waals surface area (Å²) in [5, 5.41) is 0. The van der Waals surface area contributed by atoms with Gasteiger partial charge in [0.15, 0.2) is 0 Å². The van der Waals surface area contributed by atoms with Gasteiger partial charge in [-0.3, -0.25) is 19.4 Å². The number of carbonyl (C=O) groups is 5. The van der Waals surface area contributed by atoms with E-state index in [1.54, 1.807) is 34.6 Å². The van der Waals surface area contributed by atoms with Gasteiger partial charge in [0, 0.05) is 25.5 Å². The number of nitrogens with two attached hydrogens (primary N) is 2. The Kier molecular flexibility index (Phi) is 11.1. The van der Waals surface area contributed by atoms with Crippen molar-refractivity contribution in [2.24, 2.45) is 23.3 Å². The number of esters is 2. The lowest BCUT2D eigenvalue weighted by Gasteiger charge is -2.36. The van der Waals surface area contributed by atoms with Gasteiger partial charge in [0.25, 0.3) is 0 Å². The average Bonchev–Trinajstić information content (AvgIpc) is 2.78. The van der Waals surface area contributed by atoms with Crippen molar-refractivity contribution in [3.63, 3.8) is 0 Å². The quantitative estimate of drug-likeness (QED) is 0.434. The van der Waals surface area contributed by atoms with E-state index in [0.29, 0.717) is 6.42 Å². The predicted molar refractivity (Wildman–Crippen MR) is 124 cm³/mol. The number of hydrogen-bond donors (Lipinski definition) is 2. The van der Waals surface area contributed by atoms with Gasteiger partial charge in [-0.05, 0) is 47.1 Å². The Hall–Kier alpha value is -3.70. The highest BCUT2D eigenvalue weighted by Gasteiger charge is 2.38. The molecule has 1 saturated heterocycles. The second kappa shape index (κ2) is 13.3. The maximum atomic E-state index is 12.1. The molecule has 2 heterocycles.